The van der Waals surface area contributed by atoms with E-state index in [0.29, 0.717) is 11.7 Å². The molecular formula is C12H15N3O2S2. The average molecular weight is 297 g/mol. The summed E-state index contributed by atoms with van der Waals surface area (Å²) in [7, 11) is 0. The normalized spacial score (nSPS) is 19.7. The van der Waals surface area contributed by atoms with Gasteiger partial charge in [0.05, 0.1) is 17.2 Å². The van der Waals surface area contributed by atoms with E-state index in [9.17, 15) is 0 Å². The summed E-state index contributed by atoms with van der Waals surface area (Å²) in [5.41, 5.74) is 6.83. The summed E-state index contributed by atoms with van der Waals surface area (Å²) in [5, 5.41) is 4.74. The number of nitrogens with zero attached hydrogens (tertiary/aromatic N) is 2. The Morgan fingerprint density at radius 1 is 1.53 bits per heavy atom. The first-order valence-corrected chi connectivity index (χ1v) is 8.16. The van der Waals surface area contributed by atoms with Crippen LogP contribution in [0.15, 0.2) is 10.6 Å². The van der Waals surface area contributed by atoms with Crippen LogP contribution in [0.25, 0.3) is 11.5 Å². The SMILES string of the molecule is CCc1cc(-c2nc(C3CSCCO3)no2)c(N)s1. The number of rotatable bonds is 3. The maximum absolute atomic E-state index is 5.99. The zero-order valence-corrected chi connectivity index (χ0v) is 12.2. The number of nitrogen functional groups attached to an aromatic ring is 1. The molecule has 0 bridgehead atoms. The molecule has 0 aliphatic carbocycles. The minimum absolute atomic E-state index is 0.0678. The first-order chi connectivity index (χ1) is 9.28. The highest BCUT2D eigenvalue weighted by Crippen LogP contribution is 2.34. The van der Waals surface area contributed by atoms with Crippen molar-refractivity contribution in [1.82, 2.24) is 10.1 Å². The number of anilines is 1. The van der Waals surface area contributed by atoms with Crippen molar-refractivity contribution < 1.29 is 9.26 Å². The van der Waals surface area contributed by atoms with Gasteiger partial charge in [-0.3, -0.25) is 0 Å². The zero-order valence-electron chi connectivity index (χ0n) is 10.6. The van der Waals surface area contributed by atoms with E-state index in [1.54, 1.807) is 11.3 Å². The Bertz CT molecular complexity index is 561. The second kappa shape index (κ2) is 5.52. The van der Waals surface area contributed by atoms with Gasteiger partial charge in [-0.1, -0.05) is 12.1 Å². The molecule has 3 heterocycles. The topological polar surface area (TPSA) is 74.2 Å². The number of thiophene rings is 1. The third-order valence-corrected chi connectivity index (χ3v) is 5.04. The van der Waals surface area contributed by atoms with Gasteiger partial charge < -0.3 is 15.0 Å². The lowest BCUT2D eigenvalue weighted by Gasteiger charge is -2.18. The lowest BCUT2D eigenvalue weighted by Crippen LogP contribution is -2.16. The highest BCUT2D eigenvalue weighted by molar-refractivity contribution is 7.99. The smallest absolute Gasteiger partial charge is 0.261 e. The molecule has 1 saturated heterocycles. The fourth-order valence-corrected chi connectivity index (χ4v) is 3.61. The van der Waals surface area contributed by atoms with Crippen LogP contribution in [-0.2, 0) is 11.2 Å². The van der Waals surface area contributed by atoms with Crippen LogP contribution >= 0.6 is 23.1 Å². The number of nitrogens with two attached hydrogens (primary N) is 1. The van der Waals surface area contributed by atoms with Crippen LogP contribution in [0.1, 0.15) is 23.7 Å². The molecule has 102 valence electrons. The summed E-state index contributed by atoms with van der Waals surface area (Å²) >= 11 is 3.41. The maximum atomic E-state index is 5.99. The monoisotopic (exact) mass is 297 g/mol. The van der Waals surface area contributed by atoms with E-state index in [-0.39, 0.29) is 6.10 Å². The van der Waals surface area contributed by atoms with Crippen LogP contribution in [0.3, 0.4) is 0 Å². The number of thioether (sulfide) groups is 1. The van der Waals surface area contributed by atoms with Gasteiger partial charge in [0.2, 0.25) is 5.82 Å². The summed E-state index contributed by atoms with van der Waals surface area (Å²) in [6, 6.07) is 2.02. The molecule has 2 aromatic rings. The van der Waals surface area contributed by atoms with E-state index in [1.807, 2.05) is 17.8 Å². The molecule has 0 saturated carbocycles. The minimum Gasteiger partial charge on any atom is -0.390 e. The van der Waals surface area contributed by atoms with Crippen LogP contribution in [-0.4, -0.2) is 28.3 Å². The number of aromatic nitrogens is 2. The Kier molecular flexibility index (Phi) is 3.76. The van der Waals surface area contributed by atoms with Gasteiger partial charge in [-0.2, -0.15) is 16.7 Å². The second-order valence-electron chi connectivity index (χ2n) is 4.24. The van der Waals surface area contributed by atoms with Crippen LogP contribution in [0.5, 0.6) is 0 Å². The van der Waals surface area contributed by atoms with Crippen molar-refractivity contribution in [3.63, 3.8) is 0 Å². The molecule has 1 atom stereocenters. The van der Waals surface area contributed by atoms with Crippen molar-refractivity contribution in [2.75, 3.05) is 23.8 Å². The molecule has 1 unspecified atom stereocenters. The van der Waals surface area contributed by atoms with Crippen molar-refractivity contribution in [3.05, 3.63) is 16.8 Å². The Hall–Kier alpha value is -1.05. The molecule has 2 N–H and O–H groups in total. The van der Waals surface area contributed by atoms with Crippen molar-refractivity contribution in [2.24, 2.45) is 0 Å². The Morgan fingerprint density at radius 2 is 2.42 bits per heavy atom. The summed E-state index contributed by atoms with van der Waals surface area (Å²) in [5.74, 6) is 3.00. The van der Waals surface area contributed by atoms with Crippen LogP contribution in [0.4, 0.5) is 5.00 Å². The van der Waals surface area contributed by atoms with E-state index in [0.717, 1.165) is 35.1 Å². The van der Waals surface area contributed by atoms with E-state index in [1.165, 1.54) is 4.88 Å². The standard InChI is InChI=1S/C12H15N3O2S2/c1-2-7-5-8(10(13)19-7)12-14-11(15-17-12)9-6-18-4-3-16-9/h5,9H,2-4,6,13H2,1H3. The lowest BCUT2D eigenvalue weighted by atomic mass is 10.2. The van der Waals surface area contributed by atoms with E-state index in [4.69, 9.17) is 15.0 Å². The zero-order chi connectivity index (χ0) is 13.2. The van der Waals surface area contributed by atoms with Crippen molar-refractivity contribution in [1.29, 1.82) is 0 Å². The van der Waals surface area contributed by atoms with Crippen LogP contribution in [0, 0.1) is 0 Å². The molecule has 1 fully saturated rings. The predicted molar refractivity (Wildman–Crippen MR) is 77.4 cm³/mol. The fourth-order valence-electron chi connectivity index (χ4n) is 1.91. The van der Waals surface area contributed by atoms with Gasteiger partial charge in [0, 0.05) is 16.4 Å². The molecule has 3 rings (SSSR count). The van der Waals surface area contributed by atoms with Crippen LogP contribution in [0.2, 0.25) is 0 Å². The molecule has 1 aliphatic rings. The second-order valence-corrected chi connectivity index (χ2v) is 6.55. The van der Waals surface area contributed by atoms with Gasteiger partial charge in [-0.15, -0.1) is 11.3 Å². The van der Waals surface area contributed by atoms with Gasteiger partial charge in [-0.25, -0.2) is 0 Å². The van der Waals surface area contributed by atoms with Gasteiger partial charge in [0.15, 0.2) is 0 Å². The third kappa shape index (κ3) is 2.63. The summed E-state index contributed by atoms with van der Waals surface area (Å²) < 4.78 is 11.0. The molecule has 7 heteroatoms. The molecule has 0 amide bonds. The number of aryl methyl sites for hydroxylation is 1. The van der Waals surface area contributed by atoms with Gasteiger partial charge in [-0.05, 0) is 12.5 Å². The highest BCUT2D eigenvalue weighted by Gasteiger charge is 2.23. The first kappa shape index (κ1) is 13.0. The molecule has 2 aromatic heterocycles. The first-order valence-electron chi connectivity index (χ1n) is 6.19. The molecule has 0 aromatic carbocycles. The number of hydrogen-bond acceptors (Lipinski definition) is 7. The quantitative estimate of drug-likeness (QED) is 0.939. The molecule has 0 spiro atoms. The third-order valence-electron chi connectivity index (χ3n) is 2.94. The predicted octanol–water partition coefficient (Wildman–Crippen LogP) is 2.75. The molecule has 19 heavy (non-hydrogen) atoms. The summed E-state index contributed by atoms with van der Waals surface area (Å²) in [6.07, 6.45) is 0.889. The Balaban J connectivity index is 1.85. The number of ether oxygens (including phenoxy) is 1. The van der Waals surface area contributed by atoms with Gasteiger partial charge in [0.1, 0.15) is 6.10 Å². The van der Waals surface area contributed by atoms with Crippen molar-refractivity contribution in [3.8, 4) is 11.5 Å². The van der Waals surface area contributed by atoms with E-state index < -0.39 is 0 Å². The van der Waals surface area contributed by atoms with Crippen LogP contribution < -0.4 is 5.73 Å². The maximum Gasteiger partial charge on any atom is 0.261 e. The highest BCUT2D eigenvalue weighted by atomic mass is 32.2. The fraction of sp³-hybridized carbons (Fsp3) is 0.500. The average Bonchev–Trinajstić information content (AvgIpc) is 3.06. The molecular weight excluding hydrogens is 282 g/mol. The van der Waals surface area contributed by atoms with Crippen molar-refractivity contribution in [2.45, 2.75) is 19.4 Å². The summed E-state index contributed by atoms with van der Waals surface area (Å²) in [4.78, 5) is 5.64. The number of hydrogen-bond donors (Lipinski definition) is 1. The van der Waals surface area contributed by atoms with E-state index >= 15 is 0 Å². The van der Waals surface area contributed by atoms with E-state index in [2.05, 4.69) is 17.1 Å². The van der Waals surface area contributed by atoms with Crippen molar-refractivity contribution >= 4 is 28.1 Å². The largest absolute Gasteiger partial charge is 0.390 e. The molecule has 0 radical (unpaired) electrons. The molecule has 1 aliphatic heterocycles. The van der Waals surface area contributed by atoms with Gasteiger partial charge in [0.25, 0.3) is 5.89 Å². The lowest BCUT2D eigenvalue weighted by molar-refractivity contribution is 0.0677. The Morgan fingerprint density at radius 3 is 3.11 bits per heavy atom. The molecule has 5 nitrogen and oxygen atoms in total. The summed E-state index contributed by atoms with van der Waals surface area (Å²) in [6.45, 7) is 2.83. The van der Waals surface area contributed by atoms with Gasteiger partial charge >= 0.3 is 0 Å². The Labute approximate surface area is 119 Å². The minimum atomic E-state index is -0.0678.